The van der Waals surface area contributed by atoms with E-state index in [1.54, 1.807) is 0 Å². The highest BCUT2D eigenvalue weighted by molar-refractivity contribution is 6.32. The number of ketones is 1. The molecule has 1 aliphatic heterocycles. The van der Waals surface area contributed by atoms with Gasteiger partial charge in [-0.05, 0) is 40.0 Å². The quantitative estimate of drug-likeness (QED) is 0.730. The predicted octanol–water partition coefficient (Wildman–Crippen LogP) is 1.17. The third-order valence-electron chi connectivity index (χ3n) is 5.49. The van der Waals surface area contributed by atoms with E-state index < -0.39 is 15.5 Å². The average molecular weight is 302 g/mol. The molecule has 5 heteroatoms. The van der Waals surface area contributed by atoms with E-state index in [-0.39, 0.29) is 11.0 Å². The molecule has 2 unspecified atom stereocenters. The maximum Gasteiger partial charge on any atom is 0.227 e. The molecule has 1 saturated heterocycles. The molecule has 1 fully saturated rings. The molecule has 1 heterocycles. The smallest absolute Gasteiger partial charge is 0.227 e. The number of carbonyl (C=O) groups is 1. The molecule has 0 radical (unpaired) electrons. The normalized spacial score (nSPS) is 35.3. The summed E-state index contributed by atoms with van der Waals surface area (Å²) in [6.07, 6.45) is 2.05. The molecule has 0 saturated carbocycles. The molecule has 0 aromatic heterocycles. The number of nitrogens with zero attached hydrogens (tertiary/aromatic N) is 1. The number of rotatable bonds is 4. The van der Waals surface area contributed by atoms with Crippen molar-refractivity contribution in [3.8, 4) is 0 Å². The Hall–Kier alpha value is 0.0238. The summed E-state index contributed by atoms with van der Waals surface area (Å²) in [4.78, 5) is 13.1. The third kappa shape index (κ3) is 2.50. The summed E-state index contributed by atoms with van der Waals surface area (Å²) >= 11 is 0. The van der Waals surface area contributed by atoms with E-state index >= 15 is 0 Å². The maximum absolute atomic E-state index is 13.1. The number of carbonyl (C=O) groups excluding carboxylic acids is 1. The second-order valence-electron chi connectivity index (χ2n) is 7.28. The van der Waals surface area contributed by atoms with Crippen molar-refractivity contribution in [1.82, 2.24) is 4.57 Å². The standard InChI is InChI=1S/C14H31NO2Si2/c1-8-9-14(7)10(2)12(3,4)15(19-17-18)13(5,6)11(14)16/h10H,8-9,19H2,1-7,18H3. The van der Waals surface area contributed by atoms with Gasteiger partial charge in [0.25, 0.3) is 0 Å². The van der Waals surface area contributed by atoms with Gasteiger partial charge in [-0.1, -0.05) is 27.2 Å². The molecule has 0 aromatic carbocycles. The van der Waals surface area contributed by atoms with Gasteiger partial charge in [-0.3, -0.25) is 9.36 Å². The Labute approximate surface area is 124 Å². The van der Waals surface area contributed by atoms with Crippen LogP contribution in [-0.4, -0.2) is 41.8 Å². The van der Waals surface area contributed by atoms with Crippen molar-refractivity contribution in [2.24, 2.45) is 11.3 Å². The van der Waals surface area contributed by atoms with Crippen LogP contribution in [0.25, 0.3) is 0 Å². The number of hydrogen-bond acceptors (Lipinski definition) is 3. The van der Waals surface area contributed by atoms with Crippen molar-refractivity contribution >= 4 is 26.2 Å². The van der Waals surface area contributed by atoms with Gasteiger partial charge in [0.05, 0.1) is 5.54 Å². The van der Waals surface area contributed by atoms with Gasteiger partial charge >= 0.3 is 0 Å². The van der Waals surface area contributed by atoms with E-state index in [2.05, 4.69) is 53.0 Å². The first-order valence-electron chi connectivity index (χ1n) is 7.38. The van der Waals surface area contributed by atoms with Crippen LogP contribution in [0.1, 0.15) is 61.3 Å². The Morgan fingerprint density at radius 2 is 1.84 bits per heavy atom. The van der Waals surface area contributed by atoms with Crippen LogP contribution in [0.5, 0.6) is 0 Å². The topological polar surface area (TPSA) is 29.5 Å². The maximum atomic E-state index is 13.1. The van der Waals surface area contributed by atoms with E-state index in [0.717, 1.165) is 23.3 Å². The van der Waals surface area contributed by atoms with Crippen molar-refractivity contribution in [3.05, 3.63) is 0 Å². The van der Waals surface area contributed by atoms with Crippen LogP contribution in [-0.2, 0) is 8.91 Å². The van der Waals surface area contributed by atoms with Crippen molar-refractivity contribution in [1.29, 1.82) is 0 Å². The molecule has 0 bridgehead atoms. The second kappa shape index (κ2) is 5.43. The van der Waals surface area contributed by atoms with E-state index in [1.807, 2.05) is 0 Å². The van der Waals surface area contributed by atoms with E-state index in [9.17, 15) is 4.79 Å². The molecule has 0 aliphatic carbocycles. The largest absolute Gasteiger partial charge is 0.457 e. The van der Waals surface area contributed by atoms with Crippen molar-refractivity contribution in [2.75, 3.05) is 0 Å². The lowest BCUT2D eigenvalue weighted by atomic mass is 9.57. The second-order valence-corrected chi connectivity index (χ2v) is 10.5. The van der Waals surface area contributed by atoms with Crippen molar-refractivity contribution in [3.63, 3.8) is 0 Å². The Bertz CT molecular complexity index is 357. The Morgan fingerprint density at radius 3 is 2.26 bits per heavy atom. The Kier molecular flexibility index (Phi) is 4.88. The number of Topliss-reactive ketones (excluding diaryl/α,β-unsaturated/α-hetero) is 1. The highest BCUT2D eigenvalue weighted by Crippen LogP contribution is 2.51. The molecule has 1 rings (SSSR count). The van der Waals surface area contributed by atoms with Crippen LogP contribution in [0, 0.1) is 11.3 Å². The summed E-state index contributed by atoms with van der Waals surface area (Å²) in [5.74, 6) is 0.754. The molecular formula is C14H31NO2Si2. The first kappa shape index (κ1) is 17.1. The predicted molar refractivity (Wildman–Crippen MR) is 86.8 cm³/mol. The zero-order valence-corrected chi connectivity index (χ0v) is 17.4. The molecule has 0 aromatic rings. The third-order valence-corrected chi connectivity index (χ3v) is 8.38. The van der Waals surface area contributed by atoms with Crippen molar-refractivity contribution < 1.29 is 8.91 Å². The molecule has 1 aliphatic rings. The van der Waals surface area contributed by atoms with Gasteiger partial charge in [-0.25, -0.2) is 0 Å². The Morgan fingerprint density at radius 1 is 1.32 bits per heavy atom. The highest BCUT2D eigenvalue weighted by Gasteiger charge is 2.59. The van der Waals surface area contributed by atoms with Crippen LogP contribution in [0.3, 0.4) is 0 Å². The minimum Gasteiger partial charge on any atom is -0.457 e. The fourth-order valence-corrected chi connectivity index (χ4v) is 6.16. The Balaban J connectivity index is 3.31. The number of hydrogen-bond donors (Lipinski definition) is 0. The van der Waals surface area contributed by atoms with Gasteiger partial charge < -0.3 is 4.12 Å². The molecule has 0 N–H and O–H groups in total. The van der Waals surface area contributed by atoms with Gasteiger partial charge in [0.2, 0.25) is 9.92 Å². The zero-order chi connectivity index (χ0) is 15.1. The van der Waals surface area contributed by atoms with Gasteiger partial charge in [0.15, 0.2) is 5.78 Å². The summed E-state index contributed by atoms with van der Waals surface area (Å²) in [6, 6.07) is 0. The van der Waals surface area contributed by atoms with Crippen LogP contribution in [0.15, 0.2) is 0 Å². The first-order valence-corrected chi connectivity index (χ1v) is 9.41. The average Bonchev–Trinajstić information content (AvgIpc) is 2.32. The lowest BCUT2D eigenvalue weighted by Gasteiger charge is -2.61. The van der Waals surface area contributed by atoms with Crippen molar-refractivity contribution in [2.45, 2.75) is 72.4 Å². The van der Waals surface area contributed by atoms with Gasteiger partial charge in [0.1, 0.15) is 10.5 Å². The van der Waals surface area contributed by atoms with E-state index in [4.69, 9.17) is 4.12 Å². The van der Waals surface area contributed by atoms with Crippen LogP contribution >= 0.6 is 0 Å². The summed E-state index contributed by atoms with van der Waals surface area (Å²) in [5, 5.41) is 0. The minimum atomic E-state index is -0.784. The monoisotopic (exact) mass is 301 g/mol. The molecular weight excluding hydrogens is 270 g/mol. The highest BCUT2D eigenvalue weighted by atomic mass is 28.3. The molecule has 112 valence electrons. The fraction of sp³-hybridized carbons (Fsp3) is 0.929. The summed E-state index contributed by atoms with van der Waals surface area (Å²) in [7, 11) is -0.0188. The molecule has 3 nitrogen and oxygen atoms in total. The first-order chi connectivity index (χ1) is 8.56. The SMILES string of the molecule is CCCC1(C)C(=O)C(C)(C)N([SiH2]O[SiH3])C(C)(C)C1C. The molecule has 0 spiro atoms. The number of piperidine rings is 1. The molecule has 19 heavy (non-hydrogen) atoms. The summed E-state index contributed by atoms with van der Waals surface area (Å²) in [6.45, 7) is 15.3. The lowest BCUT2D eigenvalue weighted by Crippen LogP contribution is -2.73. The van der Waals surface area contributed by atoms with Crippen LogP contribution in [0.4, 0.5) is 0 Å². The van der Waals surface area contributed by atoms with Crippen LogP contribution in [0.2, 0.25) is 0 Å². The summed E-state index contributed by atoms with van der Waals surface area (Å²) in [5.41, 5.74) is -0.577. The summed E-state index contributed by atoms with van der Waals surface area (Å²) < 4.78 is 8.02. The van der Waals surface area contributed by atoms with E-state index in [1.165, 1.54) is 0 Å². The van der Waals surface area contributed by atoms with Gasteiger partial charge in [-0.15, -0.1) is 0 Å². The lowest BCUT2D eigenvalue weighted by molar-refractivity contribution is -0.158. The molecule has 2 atom stereocenters. The fourth-order valence-electron chi connectivity index (χ4n) is 4.06. The van der Waals surface area contributed by atoms with Crippen LogP contribution < -0.4 is 0 Å². The zero-order valence-electron chi connectivity index (χ0n) is 14.0. The van der Waals surface area contributed by atoms with Gasteiger partial charge in [-0.2, -0.15) is 0 Å². The van der Waals surface area contributed by atoms with E-state index in [0.29, 0.717) is 11.7 Å². The minimum absolute atomic E-state index is 0.0258. The molecule has 0 amide bonds. The van der Waals surface area contributed by atoms with Gasteiger partial charge in [0, 0.05) is 11.0 Å².